The maximum atomic E-state index is 12.6. The highest BCUT2D eigenvalue weighted by Crippen LogP contribution is 2.67. The minimum Gasteiger partial charge on any atom is -0.393 e. The third kappa shape index (κ3) is 3.68. The quantitative estimate of drug-likeness (QED) is 0.563. The number of rotatable bonds is 4. The number of fused-ring (bicyclic) bond motifs is 5. The molecule has 5 aliphatic rings. The fraction of sp³-hybridized carbons (Fsp3) is 0.893. The highest BCUT2D eigenvalue weighted by atomic mass is 16.7. The number of aliphatic hydroxyl groups excluding tert-OH is 1. The van der Waals surface area contributed by atoms with Crippen LogP contribution in [-0.2, 0) is 9.63 Å². The van der Waals surface area contributed by atoms with Crippen molar-refractivity contribution in [2.75, 3.05) is 13.2 Å². The first-order chi connectivity index (χ1) is 15.2. The molecule has 32 heavy (non-hydrogen) atoms. The molecule has 9 atom stereocenters. The van der Waals surface area contributed by atoms with Gasteiger partial charge in [-0.05, 0) is 98.2 Å². The van der Waals surface area contributed by atoms with Crippen molar-refractivity contribution in [1.29, 1.82) is 0 Å². The second-order valence-corrected chi connectivity index (χ2v) is 12.8. The van der Waals surface area contributed by atoms with E-state index < -0.39 is 0 Å². The van der Waals surface area contributed by atoms with Gasteiger partial charge in [0, 0.05) is 12.3 Å². The number of amides is 1. The van der Waals surface area contributed by atoms with Crippen molar-refractivity contribution in [1.82, 2.24) is 5.06 Å². The van der Waals surface area contributed by atoms with Crippen molar-refractivity contribution in [3.63, 3.8) is 0 Å². The summed E-state index contributed by atoms with van der Waals surface area (Å²) in [5.41, 5.74) is 2.32. The second kappa shape index (κ2) is 8.41. The van der Waals surface area contributed by atoms with Gasteiger partial charge in [0.15, 0.2) is 0 Å². The van der Waals surface area contributed by atoms with Crippen LogP contribution in [0.1, 0.15) is 91.9 Å². The number of hydrogen-bond acceptors (Lipinski definition) is 3. The predicted octanol–water partition coefficient (Wildman–Crippen LogP) is 5.75. The first-order valence-corrected chi connectivity index (χ1v) is 13.5. The Bertz CT molecular complexity index is 764. The summed E-state index contributed by atoms with van der Waals surface area (Å²) in [7, 11) is 0. The highest BCUT2D eigenvalue weighted by molar-refractivity contribution is 5.75. The van der Waals surface area contributed by atoms with E-state index in [9.17, 15) is 9.90 Å². The van der Waals surface area contributed by atoms with Gasteiger partial charge in [0.25, 0.3) is 0 Å². The third-order valence-electron chi connectivity index (χ3n) is 10.9. The predicted molar refractivity (Wildman–Crippen MR) is 126 cm³/mol. The highest BCUT2D eigenvalue weighted by Gasteiger charge is 2.59. The summed E-state index contributed by atoms with van der Waals surface area (Å²) < 4.78 is 0. The zero-order valence-electron chi connectivity index (χ0n) is 20.8. The van der Waals surface area contributed by atoms with Crippen molar-refractivity contribution in [3.05, 3.63) is 11.6 Å². The number of allylic oxidation sites excluding steroid dienone is 1. The largest absolute Gasteiger partial charge is 0.393 e. The monoisotopic (exact) mass is 443 g/mol. The molecule has 0 spiro atoms. The summed E-state index contributed by atoms with van der Waals surface area (Å²) in [5.74, 6) is 4.43. The van der Waals surface area contributed by atoms with Gasteiger partial charge in [0.1, 0.15) is 0 Å². The van der Waals surface area contributed by atoms with Gasteiger partial charge < -0.3 is 5.11 Å². The Morgan fingerprint density at radius 2 is 2.03 bits per heavy atom. The summed E-state index contributed by atoms with van der Waals surface area (Å²) in [5, 5.41) is 11.9. The van der Waals surface area contributed by atoms with Crippen LogP contribution in [0, 0.1) is 46.3 Å². The second-order valence-electron chi connectivity index (χ2n) is 12.8. The van der Waals surface area contributed by atoms with Crippen LogP contribution < -0.4 is 0 Å². The van der Waals surface area contributed by atoms with E-state index in [0.717, 1.165) is 49.5 Å². The summed E-state index contributed by atoms with van der Waals surface area (Å²) in [6, 6.07) is 0. The van der Waals surface area contributed by atoms with Gasteiger partial charge in [-0.25, -0.2) is 5.06 Å². The molecule has 4 fully saturated rings. The van der Waals surface area contributed by atoms with Crippen molar-refractivity contribution in [2.24, 2.45) is 46.3 Å². The van der Waals surface area contributed by atoms with Crippen LogP contribution in [0.5, 0.6) is 0 Å². The zero-order valence-corrected chi connectivity index (χ0v) is 20.8. The van der Waals surface area contributed by atoms with E-state index in [-0.39, 0.29) is 12.0 Å². The molecule has 4 nitrogen and oxygen atoms in total. The first kappa shape index (κ1) is 22.9. The van der Waals surface area contributed by atoms with E-state index in [2.05, 4.69) is 33.8 Å². The smallest absolute Gasteiger partial charge is 0.246 e. The number of hydroxylamine groups is 2. The minimum atomic E-state index is -0.117. The molecule has 5 rings (SSSR count). The normalized spacial score (nSPS) is 46.8. The molecule has 1 aliphatic heterocycles. The van der Waals surface area contributed by atoms with Gasteiger partial charge in [-0.2, -0.15) is 0 Å². The Morgan fingerprint density at radius 3 is 2.78 bits per heavy atom. The maximum absolute atomic E-state index is 12.6. The molecule has 0 bridgehead atoms. The number of carbonyl (C=O) groups excluding carboxylic acids is 1. The first-order valence-electron chi connectivity index (χ1n) is 13.5. The molecule has 0 aromatic carbocycles. The Kier molecular flexibility index (Phi) is 6.02. The van der Waals surface area contributed by atoms with Crippen molar-refractivity contribution in [2.45, 2.75) is 98.0 Å². The minimum absolute atomic E-state index is 0.117. The van der Waals surface area contributed by atoms with Crippen LogP contribution in [-0.4, -0.2) is 35.3 Å². The van der Waals surface area contributed by atoms with Crippen molar-refractivity contribution >= 4 is 5.91 Å². The third-order valence-corrected chi connectivity index (χ3v) is 10.9. The van der Waals surface area contributed by atoms with Gasteiger partial charge in [-0.15, -0.1) is 0 Å². The van der Waals surface area contributed by atoms with Crippen LogP contribution in [0.3, 0.4) is 0 Å². The number of carbonyl (C=O) groups is 1. The van der Waals surface area contributed by atoms with Crippen LogP contribution >= 0.6 is 0 Å². The zero-order chi connectivity index (χ0) is 22.7. The molecule has 4 heteroatoms. The lowest BCUT2D eigenvalue weighted by Gasteiger charge is -2.58. The van der Waals surface area contributed by atoms with E-state index in [1.165, 1.54) is 38.5 Å². The number of aliphatic hydroxyl groups is 1. The summed E-state index contributed by atoms with van der Waals surface area (Å²) in [6.07, 6.45) is 13.7. The van der Waals surface area contributed by atoms with E-state index in [4.69, 9.17) is 4.84 Å². The molecular formula is C28H45NO3. The summed E-state index contributed by atoms with van der Waals surface area (Å²) >= 11 is 0. The molecule has 1 heterocycles. The molecule has 1 saturated heterocycles. The van der Waals surface area contributed by atoms with E-state index in [1.54, 1.807) is 10.6 Å². The van der Waals surface area contributed by atoms with Crippen LogP contribution in [0.25, 0.3) is 0 Å². The summed E-state index contributed by atoms with van der Waals surface area (Å²) in [4.78, 5) is 18.2. The fourth-order valence-electron chi connectivity index (χ4n) is 9.07. The molecule has 0 aromatic rings. The Morgan fingerprint density at radius 1 is 1.22 bits per heavy atom. The fourth-order valence-corrected chi connectivity index (χ4v) is 9.07. The van der Waals surface area contributed by atoms with Gasteiger partial charge >= 0.3 is 0 Å². The lowest BCUT2D eigenvalue weighted by molar-refractivity contribution is -0.169. The molecule has 180 valence electrons. The topological polar surface area (TPSA) is 49.8 Å². The molecule has 1 unspecified atom stereocenters. The average Bonchev–Trinajstić information content (AvgIpc) is 3.35. The van der Waals surface area contributed by atoms with Crippen LogP contribution in [0.15, 0.2) is 11.6 Å². The lowest BCUT2D eigenvalue weighted by Crippen LogP contribution is -2.50. The van der Waals surface area contributed by atoms with Crippen molar-refractivity contribution < 1.29 is 14.7 Å². The van der Waals surface area contributed by atoms with E-state index in [1.807, 2.05) is 0 Å². The molecule has 0 aromatic heterocycles. The van der Waals surface area contributed by atoms with Gasteiger partial charge in [-0.3, -0.25) is 9.63 Å². The molecular weight excluding hydrogens is 398 g/mol. The maximum Gasteiger partial charge on any atom is 0.246 e. The van der Waals surface area contributed by atoms with E-state index in [0.29, 0.717) is 35.7 Å². The van der Waals surface area contributed by atoms with Crippen LogP contribution in [0.2, 0.25) is 0 Å². The van der Waals surface area contributed by atoms with E-state index >= 15 is 0 Å². The molecule has 4 aliphatic carbocycles. The standard InChI is InChI=1S/C28H45NO3/c1-18-16-29(32-17-18)26(31)10-5-19(2)23-8-9-24-22-7-6-20-15-21(30)11-13-27(20,3)25(22)12-14-28(23,24)4/h6,18-19,21-25,30H,5,7-17H2,1-4H3/t18-,19?,21+,22+,23-,24+,25+,27+,28-/m1/s1. The molecule has 0 radical (unpaired) electrons. The molecule has 1 N–H and O–H groups in total. The molecule has 1 amide bonds. The molecule has 3 saturated carbocycles. The number of nitrogens with zero attached hydrogens (tertiary/aromatic N) is 1. The Labute approximate surface area is 195 Å². The SMILES string of the molecule is CC(CCC(=O)N1C[C@@H](C)CO1)[C@H]1CC[C@H]2[C@@H]3CC=C4C[C@@H](O)CC[C@]4(C)[C@H]3CC[C@]12C. The Hall–Kier alpha value is -0.870. The van der Waals surface area contributed by atoms with Gasteiger partial charge in [0.05, 0.1) is 19.3 Å². The lowest BCUT2D eigenvalue weighted by atomic mass is 9.47. The average molecular weight is 444 g/mol. The summed E-state index contributed by atoms with van der Waals surface area (Å²) in [6.45, 7) is 11.1. The Balaban J connectivity index is 1.25. The number of hydrogen-bond donors (Lipinski definition) is 1. The van der Waals surface area contributed by atoms with Crippen molar-refractivity contribution in [3.8, 4) is 0 Å². The van der Waals surface area contributed by atoms with Crippen LogP contribution in [0.4, 0.5) is 0 Å². The van der Waals surface area contributed by atoms with Gasteiger partial charge in [0.2, 0.25) is 5.91 Å². The van der Waals surface area contributed by atoms with Gasteiger partial charge in [-0.1, -0.05) is 39.3 Å².